The predicted octanol–water partition coefficient (Wildman–Crippen LogP) is 3.28. The van der Waals surface area contributed by atoms with Gasteiger partial charge in [-0.2, -0.15) is 0 Å². The maximum absolute atomic E-state index is 5.16. The van der Waals surface area contributed by atoms with Crippen molar-refractivity contribution in [2.45, 2.75) is 32.9 Å². The number of hydrogen-bond acceptors (Lipinski definition) is 2. The first-order valence-electron chi connectivity index (χ1n) is 7.21. The van der Waals surface area contributed by atoms with E-state index in [0.717, 1.165) is 25.3 Å². The molecule has 0 aliphatic rings. The number of rotatable bonds is 7. The lowest BCUT2D eigenvalue weighted by Gasteiger charge is -2.09. The van der Waals surface area contributed by atoms with Crippen LogP contribution in [0.1, 0.15) is 30.3 Å². The summed E-state index contributed by atoms with van der Waals surface area (Å²) in [5.74, 6) is 0.903. The summed E-state index contributed by atoms with van der Waals surface area (Å²) in [4.78, 5) is 0. The van der Waals surface area contributed by atoms with Crippen LogP contribution in [0.15, 0.2) is 36.4 Å². The molecule has 1 heterocycles. The van der Waals surface area contributed by atoms with Gasteiger partial charge in [0.15, 0.2) is 0 Å². The van der Waals surface area contributed by atoms with Crippen LogP contribution in [-0.2, 0) is 26.6 Å². The number of hydrogen-bond donors (Lipinski definition) is 1. The first-order chi connectivity index (χ1) is 9.74. The van der Waals surface area contributed by atoms with Crippen molar-refractivity contribution in [1.29, 1.82) is 0 Å². The predicted molar refractivity (Wildman–Crippen MR) is 82.9 cm³/mol. The Bertz CT molecular complexity index is 528. The van der Waals surface area contributed by atoms with Gasteiger partial charge in [-0.05, 0) is 36.2 Å². The minimum Gasteiger partial charge on any atom is -0.497 e. The maximum Gasteiger partial charge on any atom is 0.118 e. The summed E-state index contributed by atoms with van der Waals surface area (Å²) in [5, 5.41) is 3.49. The van der Waals surface area contributed by atoms with Crippen molar-refractivity contribution in [3.63, 3.8) is 0 Å². The van der Waals surface area contributed by atoms with Gasteiger partial charge in [-0.15, -0.1) is 0 Å². The third-order valence-electron chi connectivity index (χ3n) is 3.63. The Hall–Kier alpha value is -1.74. The van der Waals surface area contributed by atoms with E-state index in [2.05, 4.69) is 48.1 Å². The molecule has 0 spiro atoms. The first-order valence-corrected chi connectivity index (χ1v) is 7.21. The third-order valence-corrected chi connectivity index (χ3v) is 3.63. The Kier molecular flexibility index (Phi) is 5.24. The number of benzene rings is 1. The summed E-state index contributed by atoms with van der Waals surface area (Å²) < 4.78 is 7.46. The Morgan fingerprint density at radius 2 is 1.70 bits per heavy atom. The summed E-state index contributed by atoms with van der Waals surface area (Å²) in [6.45, 7) is 3.99. The second kappa shape index (κ2) is 7.15. The Balaban J connectivity index is 1.86. The highest BCUT2D eigenvalue weighted by Gasteiger charge is 2.03. The van der Waals surface area contributed by atoms with Gasteiger partial charge < -0.3 is 14.6 Å². The topological polar surface area (TPSA) is 26.2 Å². The molecule has 0 aliphatic heterocycles. The summed E-state index contributed by atoms with van der Waals surface area (Å²) in [5.41, 5.74) is 4.02. The number of aryl methyl sites for hydroxylation is 1. The van der Waals surface area contributed by atoms with Gasteiger partial charge in [0.1, 0.15) is 5.75 Å². The third kappa shape index (κ3) is 3.64. The van der Waals surface area contributed by atoms with Crippen molar-refractivity contribution in [2.75, 3.05) is 7.11 Å². The molecule has 1 aromatic carbocycles. The highest BCUT2D eigenvalue weighted by Crippen LogP contribution is 2.12. The molecule has 0 atom stereocenters. The van der Waals surface area contributed by atoms with E-state index >= 15 is 0 Å². The van der Waals surface area contributed by atoms with Crippen LogP contribution in [0.5, 0.6) is 5.75 Å². The summed E-state index contributed by atoms with van der Waals surface area (Å²) >= 11 is 0. The number of nitrogens with one attached hydrogen (secondary N) is 1. The molecule has 0 fully saturated rings. The molecule has 0 aliphatic carbocycles. The molecular weight excluding hydrogens is 248 g/mol. The van der Waals surface area contributed by atoms with Crippen molar-refractivity contribution in [3.05, 3.63) is 53.3 Å². The lowest BCUT2D eigenvalue weighted by Crippen LogP contribution is -2.15. The van der Waals surface area contributed by atoms with E-state index in [4.69, 9.17) is 4.74 Å². The normalized spacial score (nSPS) is 10.8. The molecular formula is C17H24N2O. The molecule has 2 rings (SSSR count). The van der Waals surface area contributed by atoms with E-state index in [0.29, 0.717) is 0 Å². The van der Waals surface area contributed by atoms with Gasteiger partial charge in [-0.25, -0.2) is 0 Å². The van der Waals surface area contributed by atoms with E-state index in [-0.39, 0.29) is 0 Å². The maximum atomic E-state index is 5.16. The van der Waals surface area contributed by atoms with Gasteiger partial charge in [-0.3, -0.25) is 0 Å². The van der Waals surface area contributed by atoms with Crippen LogP contribution in [0, 0.1) is 0 Å². The summed E-state index contributed by atoms with van der Waals surface area (Å²) in [7, 11) is 3.84. The molecule has 2 aromatic rings. The van der Waals surface area contributed by atoms with Crippen molar-refractivity contribution >= 4 is 0 Å². The molecule has 1 N–H and O–H groups in total. The quantitative estimate of drug-likeness (QED) is 0.837. The van der Waals surface area contributed by atoms with Gasteiger partial charge in [-0.1, -0.05) is 25.5 Å². The van der Waals surface area contributed by atoms with Gasteiger partial charge in [0.05, 0.1) is 7.11 Å². The molecule has 0 unspecified atom stereocenters. The lowest BCUT2D eigenvalue weighted by atomic mass is 10.2. The number of aromatic nitrogens is 1. The Labute approximate surface area is 121 Å². The van der Waals surface area contributed by atoms with Gasteiger partial charge in [0.25, 0.3) is 0 Å². The van der Waals surface area contributed by atoms with Crippen LogP contribution in [0.3, 0.4) is 0 Å². The molecule has 3 heteroatoms. The van der Waals surface area contributed by atoms with Crippen LogP contribution in [-0.4, -0.2) is 11.7 Å². The van der Waals surface area contributed by atoms with E-state index in [9.17, 15) is 0 Å². The summed E-state index contributed by atoms with van der Waals surface area (Å²) in [6, 6.07) is 12.6. The van der Waals surface area contributed by atoms with E-state index in [1.54, 1.807) is 7.11 Å². The standard InChI is InChI=1S/C17H24N2O/c1-4-5-15-8-9-16(19(15)2)13-18-12-14-6-10-17(20-3)11-7-14/h6-11,18H,4-5,12-13H2,1-3H3. The van der Waals surface area contributed by atoms with E-state index < -0.39 is 0 Å². The second-order valence-electron chi connectivity index (χ2n) is 5.08. The lowest BCUT2D eigenvalue weighted by molar-refractivity contribution is 0.414. The van der Waals surface area contributed by atoms with Crippen molar-refractivity contribution in [2.24, 2.45) is 7.05 Å². The molecule has 108 valence electrons. The molecule has 0 bridgehead atoms. The van der Waals surface area contributed by atoms with Crippen molar-refractivity contribution in [3.8, 4) is 5.75 Å². The van der Waals surface area contributed by atoms with Crippen LogP contribution >= 0.6 is 0 Å². The van der Waals surface area contributed by atoms with E-state index in [1.165, 1.54) is 23.4 Å². The molecule has 0 saturated heterocycles. The van der Waals surface area contributed by atoms with Crippen LogP contribution in [0.4, 0.5) is 0 Å². The Morgan fingerprint density at radius 3 is 2.35 bits per heavy atom. The zero-order valence-corrected chi connectivity index (χ0v) is 12.6. The minimum atomic E-state index is 0.873. The highest BCUT2D eigenvalue weighted by atomic mass is 16.5. The number of nitrogens with zero attached hydrogens (tertiary/aromatic N) is 1. The van der Waals surface area contributed by atoms with Gasteiger partial charge >= 0.3 is 0 Å². The SMILES string of the molecule is CCCc1ccc(CNCc2ccc(OC)cc2)n1C. The zero-order valence-electron chi connectivity index (χ0n) is 12.6. The Morgan fingerprint density at radius 1 is 1.00 bits per heavy atom. The fourth-order valence-corrected chi connectivity index (χ4v) is 2.36. The van der Waals surface area contributed by atoms with Crippen LogP contribution in [0.2, 0.25) is 0 Å². The second-order valence-corrected chi connectivity index (χ2v) is 5.08. The van der Waals surface area contributed by atoms with Gasteiger partial charge in [0, 0.05) is 31.5 Å². The van der Waals surface area contributed by atoms with Crippen molar-refractivity contribution in [1.82, 2.24) is 9.88 Å². The summed E-state index contributed by atoms with van der Waals surface area (Å²) in [6.07, 6.45) is 2.34. The molecule has 0 saturated carbocycles. The average Bonchev–Trinajstić information content (AvgIpc) is 2.82. The first kappa shape index (κ1) is 14.7. The zero-order chi connectivity index (χ0) is 14.4. The highest BCUT2D eigenvalue weighted by molar-refractivity contribution is 5.27. The monoisotopic (exact) mass is 272 g/mol. The number of ether oxygens (including phenoxy) is 1. The fraction of sp³-hybridized carbons (Fsp3) is 0.412. The van der Waals surface area contributed by atoms with E-state index in [1.807, 2.05) is 12.1 Å². The smallest absolute Gasteiger partial charge is 0.118 e. The number of methoxy groups -OCH3 is 1. The molecule has 0 radical (unpaired) electrons. The molecule has 3 nitrogen and oxygen atoms in total. The van der Waals surface area contributed by atoms with Crippen molar-refractivity contribution < 1.29 is 4.74 Å². The average molecular weight is 272 g/mol. The molecule has 20 heavy (non-hydrogen) atoms. The minimum absolute atomic E-state index is 0.873. The van der Waals surface area contributed by atoms with Crippen LogP contribution in [0.25, 0.3) is 0 Å². The molecule has 1 aromatic heterocycles. The molecule has 0 amide bonds. The van der Waals surface area contributed by atoms with Gasteiger partial charge in [0.2, 0.25) is 0 Å². The largest absolute Gasteiger partial charge is 0.497 e. The van der Waals surface area contributed by atoms with Crippen LogP contribution < -0.4 is 10.1 Å². The fourth-order valence-electron chi connectivity index (χ4n) is 2.36.